The molecule has 3 aromatic rings. The van der Waals surface area contributed by atoms with Crippen LogP contribution in [0.25, 0.3) is 10.9 Å². The van der Waals surface area contributed by atoms with Crippen molar-refractivity contribution in [1.29, 1.82) is 0 Å². The lowest BCUT2D eigenvalue weighted by atomic mass is 10.1. The smallest absolute Gasteiger partial charge is 0.270 e. The lowest BCUT2D eigenvalue weighted by Gasteiger charge is -2.34. The van der Waals surface area contributed by atoms with Crippen LogP contribution in [0.1, 0.15) is 21.6 Å². The van der Waals surface area contributed by atoms with Crippen molar-refractivity contribution < 1.29 is 9.59 Å². The summed E-state index contributed by atoms with van der Waals surface area (Å²) < 4.78 is 0. The fraction of sp³-hybridized carbons (Fsp3) is 0.304. The highest BCUT2D eigenvalue weighted by Crippen LogP contribution is 2.19. The third-order valence-corrected chi connectivity index (χ3v) is 5.67. The number of aromatic nitrogens is 1. The molecule has 0 aliphatic carbocycles. The summed E-state index contributed by atoms with van der Waals surface area (Å²) in [7, 11) is 0. The molecule has 1 saturated heterocycles. The van der Waals surface area contributed by atoms with Crippen molar-refractivity contribution in [1.82, 2.24) is 14.8 Å². The van der Waals surface area contributed by atoms with Crippen LogP contribution < -0.4 is 5.32 Å². The molecule has 29 heavy (non-hydrogen) atoms. The summed E-state index contributed by atoms with van der Waals surface area (Å²) in [5.74, 6) is -0.00483. The summed E-state index contributed by atoms with van der Waals surface area (Å²) in [6.45, 7) is 6.99. The third kappa shape index (κ3) is 4.17. The molecular weight excluding hydrogens is 364 g/mol. The first-order valence-corrected chi connectivity index (χ1v) is 9.97. The van der Waals surface area contributed by atoms with E-state index in [0.717, 1.165) is 27.7 Å². The molecule has 2 N–H and O–H groups in total. The van der Waals surface area contributed by atoms with Crippen molar-refractivity contribution in [3.05, 3.63) is 65.4 Å². The molecule has 1 aliphatic heterocycles. The Balaban J connectivity index is 1.31. The van der Waals surface area contributed by atoms with Crippen LogP contribution in [0, 0.1) is 13.8 Å². The molecule has 0 atom stereocenters. The van der Waals surface area contributed by atoms with Gasteiger partial charge in [-0.3, -0.25) is 14.5 Å². The zero-order valence-electron chi connectivity index (χ0n) is 16.9. The Labute approximate surface area is 170 Å². The Bertz CT molecular complexity index is 1010. The molecule has 6 nitrogen and oxygen atoms in total. The molecule has 150 valence electrons. The lowest BCUT2D eigenvalue weighted by Crippen LogP contribution is -2.50. The van der Waals surface area contributed by atoms with Crippen LogP contribution in [-0.4, -0.2) is 59.3 Å². The number of aromatic amines is 1. The third-order valence-electron chi connectivity index (χ3n) is 5.67. The lowest BCUT2D eigenvalue weighted by molar-refractivity contribution is -0.117. The normalized spacial score (nSPS) is 14.9. The van der Waals surface area contributed by atoms with E-state index in [9.17, 15) is 9.59 Å². The van der Waals surface area contributed by atoms with Gasteiger partial charge < -0.3 is 15.2 Å². The zero-order chi connectivity index (χ0) is 20.4. The van der Waals surface area contributed by atoms with Crippen LogP contribution in [0.3, 0.4) is 0 Å². The number of hydrogen-bond donors (Lipinski definition) is 2. The molecule has 2 aromatic carbocycles. The second-order valence-corrected chi connectivity index (χ2v) is 7.63. The van der Waals surface area contributed by atoms with Gasteiger partial charge in [-0.05, 0) is 43.2 Å². The first-order valence-electron chi connectivity index (χ1n) is 9.97. The molecule has 2 heterocycles. The van der Waals surface area contributed by atoms with Gasteiger partial charge in [-0.2, -0.15) is 0 Å². The molecule has 1 fully saturated rings. The van der Waals surface area contributed by atoms with Gasteiger partial charge in [0.2, 0.25) is 5.91 Å². The second-order valence-electron chi connectivity index (χ2n) is 7.63. The highest BCUT2D eigenvalue weighted by molar-refractivity contribution is 5.98. The van der Waals surface area contributed by atoms with E-state index in [4.69, 9.17) is 0 Å². The number of nitrogens with zero attached hydrogens (tertiary/aromatic N) is 2. The first kappa shape index (κ1) is 19.2. The first-order chi connectivity index (χ1) is 14.0. The van der Waals surface area contributed by atoms with Crippen LogP contribution in [0.2, 0.25) is 0 Å². The maximum absolute atomic E-state index is 12.8. The summed E-state index contributed by atoms with van der Waals surface area (Å²) in [4.78, 5) is 32.4. The van der Waals surface area contributed by atoms with Crippen molar-refractivity contribution in [2.24, 2.45) is 0 Å². The molecule has 0 unspecified atom stereocenters. The summed E-state index contributed by atoms with van der Waals surface area (Å²) in [6.07, 6.45) is 0. The van der Waals surface area contributed by atoms with Gasteiger partial charge in [-0.25, -0.2) is 0 Å². The maximum atomic E-state index is 12.8. The standard InChI is InChI=1S/C23H26N4O2/c1-16-6-5-9-19(17(16)2)25-22(28)15-26-10-12-27(13-11-26)23(29)21-14-18-7-3-4-8-20(18)24-21/h3-9,14,24H,10-13,15H2,1-2H3,(H,25,28). The number of carbonyl (C=O) groups excluding carboxylic acids is 2. The Morgan fingerprint density at radius 3 is 2.52 bits per heavy atom. The van der Waals surface area contributed by atoms with Gasteiger partial charge in [0, 0.05) is 42.8 Å². The van der Waals surface area contributed by atoms with E-state index in [1.165, 1.54) is 0 Å². The number of hydrogen-bond acceptors (Lipinski definition) is 3. The SMILES string of the molecule is Cc1cccc(NC(=O)CN2CCN(C(=O)c3cc4ccccc4[nH]3)CC2)c1C. The van der Waals surface area contributed by atoms with E-state index in [1.807, 2.05) is 67.3 Å². The average Bonchev–Trinajstić information content (AvgIpc) is 3.16. The van der Waals surface area contributed by atoms with E-state index >= 15 is 0 Å². The number of anilines is 1. The zero-order valence-corrected chi connectivity index (χ0v) is 16.9. The van der Waals surface area contributed by atoms with Gasteiger partial charge in [0.25, 0.3) is 5.91 Å². The quantitative estimate of drug-likeness (QED) is 0.719. The molecule has 6 heteroatoms. The average molecular weight is 390 g/mol. The van der Waals surface area contributed by atoms with E-state index in [2.05, 4.69) is 15.2 Å². The van der Waals surface area contributed by atoms with Gasteiger partial charge in [-0.15, -0.1) is 0 Å². The van der Waals surface area contributed by atoms with Gasteiger partial charge in [0.1, 0.15) is 5.69 Å². The number of nitrogens with one attached hydrogen (secondary N) is 2. The Morgan fingerprint density at radius 2 is 1.76 bits per heavy atom. The van der Waals surface area contributed by atoms with E-state index in [0.29, 0.717) is 38.4 Å². The van der Waals surface area contributed by atoms with Crippen molar-refractivity contribution in [2.45, 2.75) is 13.8 Å². The number of para-hydroxylation sites is 1. The highest BCUT2D eigenvalue weighted by atomic mass is 16.2. The summed E-state index contributed by atoms with van der Waals surface area (Å²) in [6, 6.07) is 15.7. The minimum atomic E-state index is -0.0194. The van der Waals surface area contributed by atoms with Crippen LogP contribution in [0.15, 0.2) is 48.5 Å². The molecule has 0 bridgehead atoms. The van der Waals surface area contributed by atoms with Crippen LogP contribution in [-0.2, 0) is 4.79 Å². The molecule has 1 aromatic heterocycles. The topological polar surface area (TPSA) is 68.4 Å². The molecule has 1 aliphatic rings. The van der Waals surface area contributed by atoms with Gasteiger partial charge >= 0.3 is 0 Å². The molecule has 0 saturated carbocycles. The number of H-pyrrole nitrogens is 1. The highest BCUT2D eigenvalue weighted by Gasteiger charge is 2.24. The van der Waals surface area contributed by atoms with E-state index < -0.39 is 0 Å². The fourth-order valence-corrected chi connectivity index (χ4v) is 3.75. The largest absolute Gasteiger partial charge is 0.351 e. The van der Waals surface area contributed by atoms with Crippen LogP contribution in [0.4, 0.5) is 5.69 Å². The monoisotopic (exact) mass is 390 g/mol. The number of piperazine rings is 1. The van der Waals surface area contributed by atoms with E-state index in [-0.39, 0.29) is 11.8 Å². The number of carbonyl (C=O) groups is 2. The van der Waals surface area contributed by atoms with E-state index in [1.54, 1.807) is 0 Å². The predicted molar refractivity (Wildman–Crippen MR) is 115 cm³/mol. The number of amides is 2. The summed E-state index contributed by atoms with van der Waals surface area (Å²) >= 11 is 0. The molecular formula is C23H26N4O2. The summed E-state index contributed by atoms with van der Waals surface area (Å²) in [5.41, 5.74) is 4.70. The number of benzene rings is 2. The molecule has 0 radical (unpaired) electrons. The number of aryl methyl sites for hydroxylation is 1. The Kier molecular flexibility index (Phi) is 5.36. The van der Waals surface area contributed by atoms with Crippen molar-refractivity contribution >= 4 is 28.4 Å². The minimum absolute atomic E-state index is 0.0145. The molecule has 0 spiro atoms. The predicted octanol–water partition coefficient (Wildman–Crippen LogP) is 3.18. The Morgan fingerprint density at radius 1 is 1.00 bits per heavy atom. The van der Waals surface area contributed by atoms with Crippen LogP contribution >= 0.6 is 0 Å². The van der Waals surface area contributed by atoms with Gasteiger partial charge in [0.05, 0.1) is 6.54 Å². The minimum Gasteiger partial charge on any atom is -0.351 e. The number of fused-ring (bicyclic) bond motifs is 1. The van der Waals surface area contributed by atoms with Gasteiger partial charge in [-0.1, -0.05) is 30.3 Å². The maximum Gasteiger partial charge on any atom is 0.270 e. The fourth-order valence-electron chi connectivity index (χ4n) is 3.75. The Hall–Kier alpha value is -3.12. The van der Waals surface area contributed by atoms with Gasteiger partial charge in [0.15, 0.2) is 0 Å². The second kappa shape index (κ2) is 8.09. The summed E-state index contributed by atoms with van der Waals surface area (Å²) in [5, 5.41) is 4.05. The van der Waals surface area contributed by atoms with Crippen molar-refractivity contribution in [2.75, 3.05) is 38.0 Å². The van der Waals surface area contributed by atoms with Crippen LogP contribution in [0.5, 0.6) is 0 Å². The van der Waals surface area contributed by atoms with Crippen molar-refractivity contribution in [3.63, 3.8) is 0 Å². The number of rotatable bonds is 4. The molecule has 4 rings (SSSR count). The molecule has 2 amide bonds. The van der Waals surface area contributed by atoms with Crippen molar-refractivity contribution in [3.8, 4) is 0 Å².